The van der Waals surface area contributed by atoms with Gasteiger partial charge in [0.2, 0.25) is 5.91 Å². The molecule has 0 radical (unpaired) electrons. The number of carbonyl (C=O) groups excluding carboxylic acids is 2. The second kappa shape index (κ2) is 25.9. The van der Waals surface area contributed by atoms with Gasteiger partial charge in [0, 0.05) is 24.2 Å². The van der Waals surface area contributed by atoms with Gasteiger partial charge in [0.15, 0.2) is 0 Å². The molecule has 0 saturated heterocycles. The summed E-state index contributed by atoms with van der Waals surface area (Å²) in [5.41, 5.74) is 1.02. The van der Waals surface area contributed by atoms with Crippen LogP contribution in [0.2, 0.25) is 0 Å². The van der Waals surface area contributed by atoms with Crippen LogP contribution in [0.15, 0.2) is 47.5 Å². The lowest BCUT2D eigenvalue weighted by atomic mass is 9.97. The molecule has 1 aromatic heterocycles. The third-order valence-corrected chi connectivity index (χ3v) is 12.1. The number of hydrogen-bond acceptors (Lipinski definition) is 12. The molecule has 2 aromatic rings. The van der Waals surface area contributed by atoms with Gasteiger partial charge in [-0.25, -0.2) is 9.78 Å². The summed E-state index contributed by atoms with van der Waals surface area (Å²) in [5, 5.41) is 23.2. The number of aliphatic carboxylic acids is 2. The van der Waals surface area contributed by atoms with E-state index in [-0.39, 0.29) is 71.8 Å². The summed E-state index contributed by atoms with van der Waals surface area (Å²) in [6.45, 7) is 7.29. The number of hydrogen-bond donors (Lipinski definition) is 5. The molecule has 0 aliphatic heterocycles. The van der Waals surface area contributed by atoms with Crippen LogP contribution in [0.3, 0.4) is 0 Å². The highest BCUT2D eigenvalue weighted by Gasteiger charge is 2.29. The van der Waals surface area contributed by atoms with Crippen molar-refractivity contribution < 1.29 is 48.3 Å². The van der Waals surface area contributed by atoms with Crippen molar-refractivity contribution in [2.24, 2.45) is 5.41 Å². The van der Waals surface area contributed by atoms with Gasteiger partial charge in [-0.3, -0.25) is 14.4 Å². The van der Waals surface area contributed by atoms with E-state index in [0.29, 0.717) is 24.5 Å². The molecule has 0 saturated carbocycles. The Morgan fingerprint density at radius 2 is 1.55 bits per heavy atom. The molecule has 5 N–H and O–H groups in total. The number of carboxylic acid groups (broad SMARTS) is 2. The number of pyridine rings is 1. The second-order valence-corrected chi connectivity index (χ2v) is 17.6. The molecular weight excluding hydrogens is 720 g/mol. The monoisotopic (exact) mass is 770 g/mol. The molecule has 0 bridgehead atoms. The topological polar surface area (TPSA) is 195 Å². The predicted octanol–water partition coefficient (Wildman–Crippen LogP) is 4.39. The average Bonchev–Trinajstić information content (AvgIpc) is 3.09. The molecule has 17 heteroatoms. The van der Waals surface area contributed by atoms with Crippen LogP contribution in [0.1, 0.15) is 42.6 Å². The molecule has 2 rings (SSSR count). The second-order valence-electron chi connectivity index (χ2n) is 11.9. The molecule has 1 aromatic carbocycles. The van der Waals surface area contributed by atoms with Crippen LogP contribution in [0.4, 0.5) is 5.82 Å². The van der Waals surface area contributed by atoms with Crippen molar-refractivity contribution in [1.82, 2.24) is 15.6 Å². The van der Waals surface area contributed by atoms with Gasteiger partial charge in [-0.2, -0.15) is 0 Å². The van der Waals surface area contributed by atoms with Crippen molar-refractivity contribution in [1.29, 1.82) is 0 Å². The van der Waals surface area contributed by atoms with Crippen LogP contribution in [0.5, 0.6) is 0 Å². The average molecular weight is 771 g/mol. The highest BCUT2D eigenvalue weighted by Crippen LogP contribution is 2.50. The molecule has 284 valence electrons. The Balaban J connectivity index is 1.51. The van der Waals surface area contributed by atoms with Gasteiger partial charge in [0.1, 0.15) is 19.0 Å². The van der Waals surface area contributed by atoms with E-state index in [9.17, 15) is 24.3 Å². The number of nitrogens with one attached hydrogen (secondary N) is 3. The summed E-state index contributed by atoms with van der Waals surface area (Å²) < 4.78 is 24.0. The molecule has 0 aliphatic carbocycles. The standard InChI is InChI=1S/C34H51N4O10PS2/c1-34(2,33(43)44)25-49(3)50-20-5-4-7-26-8-6-9-28(21-26)51-38-29-11-10-27(22-37-29)32(42)36-13-15-46-16-18-47-23-30(39)35-12-14-45-17-19-48-24-31(40)41/h6,8-11,21-22H,4-5,7,12-20,23-25H2,1-3H3,(H,35,39)(H,36,42)(H,37,38)(H,40,41)(H,43,44). The zero-order valence-electron chi connectivity index (χ0n) is 29.5. The number of unbranched alkanes of at least 4 members (excludes halogenated alkanes) is 1. The maximum absolute atomic E-state index is 12.5. The van der Waals surface area contributed by atoms with E-state index in [0.717, 1.165) is 36.1 Å². The third kappa shape index (κ3) is 21.2. The summed E-state index contributed by atoms with van der Waals surface area (Å²) in [6.07, 6.45) is 5.38. The minimum atomic E-state index is -1.04. The van der Waals surface area contributed by atoms with E-state index in [2.05, 4.69) is 39.1 Å². The molecule has 2 amide bonds. The number of carbonyl (C=O) groups is 4. The minimum Gasteiger partial charge on any atom is -0.481 e. The number of aromatic nitrogens is 1. The van der Waals surface area contributed by atoms with E-state index in [1.807, 2.05) is 23.5 Å². The largest absolute Gasteiger partial charge is 0.481 e. The quantitative estimate of drug-likeness (QED) is 0.0444. The van der Waals surface area contributed by atoms with E-state index in [1.54, 1.807) is 26.0 Å². The van der Waals surface area contributed by atoms with E-state index in [1.165, 1.54) is 23.7 Å². The molecule has 14 nitrogen and oxygen atoms in total. The zero-order chi connectivity index (χ0) is 37.3. The molecule has 1 heterocycles. The lowest BCUT2D eigenvalue weighted by Crippen LogP contribution is -2.31. The molecule has 0 aliphatic rings. The van der Waals surface area contributed by atoms with Crippen molar-refractivity contribution >= 4 is 60.0 Å². The SMILES string of the molecule is CP(CC(C)(C)C(=O)O)SCCCCc1cccc(SNc2ccc(C(=O)NCCOCCOCC(=O)NCCOCCOCC(=O)O)cn2)c1. The Bertz CT molecular complexity index is 1340. The van der Waals surface area contributed by atoms with Gasteiger partial charge >= 0.3 is 11.9 Å². The van der Waals surface area contributed by atoms with Crippen LogP contribution in [0, 0.1) is 5.41 Å². The number of ether oxygens (including phenoxy) is 4. The van der Waals surface area contributed by atoms with E-state index < -0.39 is 17.4 Å². The first-order valence-electron chi connectivity index (χ1n) is 16.6. The molecule has 1 atom stereocenters. The van der Waals surface area contributed by atoms with E-state index in [4.69, 9.17) is 24.1 Å². The number of aryl methyl sites for hydroxylation is 1. The Kier molecular flexibility index (Phi) is 22.4. The molecule has 0 fully saturated rings. The Labute approximate surface area is 309 Å². The van der Waals surface area contributed by atoms with Gasteiger partial charge in [0.25, 0.3) is 5.91 Å². The van der Waals surface area contributed by atoms with Crippen LogP contribution >= 0.6 is 30.5 Å². The number of nitrogens with zero attached hydrogens (tertiary/aromatic N) is 1. The summed E-state index contributed by atoms with van der Waals surface area (Å²) in [4.78, 5) is 51.3. The Hall–Kier alpha value is -2.98. The summed E-state index contributed by atoms with van der Waals surface area (Å²) in [7, 11) is -0.357. The number of carboxylic acids is 2. The van der Waals surface area contributed by atoms with Gasteiger partial charge in [-0.1, -0.05) is 12.1 Å². The molecule has 1 unspecified atom stereocenters. The van der Waals surface area contributed by atoms with Crippen molar-refractivity contribution in [2.75, 3.05) is 89.2 Å². The maximum Gasteiger partial charge on any atom is 0.329 e. The number of rotatable bonds is 29. The first kappa shape index (κ1) is 44.2. The van der Waals surface area contributed by atoms with Gasteiger partial charge in [0.05, 0.1) is 50.6 Å². The predicted molar refractivity (Wildman–Crippen MR) is 201 cm³/mol. The van der Waals surface area contributed by atoms with Crippen molar-refractivity contribution in [3.05, 3.63) is 53.7 Å². The normalized spacial score (nSPS) is 11.9. The fourth-order valence-electron chi connectivity index (χ4n) is 4.20. The summed E-state index contributed by atoms with van der Waals surface area (Å²) in [6, 6.07) is 11.8. The lowest BCUT2D eigenvalue weighted by molar-refractivity contribution is -0.145. The zero-order valence-corrected chi connectivity index (χ0v) is 32.0. The fraction of sp³-hybridized carbons (Fsp3) is 0.559. The maximum atomic E-state index is 12.5. The Morgan fingerprint density at radius 1 is 0.863 bits per heavy atom. The van der Waals surface area contributed by atoms with Crippen LogP contribution in [-0.4, -0.2) is 123 Å². The lowest BCUT2D eigenvalue weighted by Gasteiger charge is -2.23. The van der Waals surface area contributed by atoms with Gasteiger partial charge < -0.3 is 44.5 Å². The first-order chi connectivity index (χ1) is 24.5. The fourth-order valence-corrected chi connectivity index (χ4v) is 9.45. The molecular formula is C34H51N4O10PS2. The first-order valence-corrected chi connectivity index (χ1v) is 21.0. The third-order valence-electron chi connectivity index (χ3n) is 6.87. The molecule has 51 heavy (non-hydrogen) atoms. The minimum absolute atomic E-state index is 0.121. The summed E-state index contributed by atoms with van der Waals surface area (Å²) in [5.74, 6) is -0.659. The van der Waals surface area contributed by atoms with E-state index >= 15 is 0 Å². The smallest absolute Gasteiger partial charge is 0.329 e. The van der Waals surface area contributed by atoms with Crippen molar-refractivity contribution in [3.63, 3.8) is 0 Å². The summed E-state index contributed by atoms with van der Waals surface area (Å²) >= 11 is 3.36. The highest BCUT2D eigenvalue weighted by molar-refractivity contribution is 8.55. The number of anilines is 1. The van der Waals surface area contributed by atoms with Gasteiger partial charge in [-0.15, -0.1) is 11.4 Å². The van der Waals surface area contributed by atoms with Crippen LogP contribution in [-0.2, 0) is 39.8 Å². The molecule has 0 spiro atoms. The van der Waals surface area contributed by atoms with Gasteiger partial charge in [-0.05, 0) is 101 Å². The number of amides is 2. The van der Waals surface area contributed by atoms with Crippen LogP contribution in [0.25, 0.3) is 0 Å². The number of benzene rings is 1. The van der Waals surface area contributed by atoms with Crippen LogP contribution < -0.4 is 15.4 Å². The van der Waals surface area contributed by atoms with Crippen molar-refractivity contribution in [3.8, 4) is 0 Å². The van der Waals surface area contributed by atoms with Crippen molar-refractivity contribution in [2.45, 2.75) is 38.0 Å². The highest BCUT2D eigenvalue weighted by atomic mass is 32.7. The Morgan fingerprint density at radius 3 is 2.22 bits per heavy atom.